The number of carbonyl (C=O) groups excluding carboxylic acids is 1. The Labute approximate surface area is 107 Å². The minimum Gasteiger partial charge on any atom is -0.468 e. The van der Waals surface area contributed by atoms with Crippen LogP contribution in [0.2, 0.25) is 0 Å². The van der Waals surface area contributed by atoms with Gasteiger partial charge in [0.05, 0.1) is 12.8 Å². The fraction of sp³-hybridized carbons (Fsp3) is 0.615. The first-order chi connectivity index (χ1) is 8.79. The van der Waals surface area contributed by atoms with E-state index in [0.717, 1.165) is 31.7 Å². The summed E-state index contributed by atoms with van der Waals surface area (Å²) in [6.45, 7) is 1.89. The van der Waals surface area contributed by atoms with Crippen molar-refractivity contribution >= 4 is 5.91 Å². The van der Waals surface area contributed by atoms with Gasteiger partial charge in [-0.25, -0.2) is 5.84 Å². The van der Waals surface area contributed by atoms with Crippen molar-refractivity contribution in [1.29, 1.82) is 0 Å². The van der Waals surface area contributed by atoms with E-state index in [1.165, 1.54) is 12.8 Å². The Morgan fingerprint density at radius 3 is 2.94 bits per heavy atom. The van der Waals surface area contributed by atoms with Gasteiger partial charge in [-0.3, -0.25) is 15.1 Å². The van der Waals surface area contributed by atoms with Gasteiger partial charge in [0.15, 0.2) is 0 Å². The van der Waals surface area contributed by atoms with E-state index < -0.39 is 0 Å². The summed E-state index contributed by atoms with van der Waals surface area (Å²) in [5.41, 5.74) is 2.16. The van der Waals surface area contributed by atoms with Crippen LogP contribution in [-0.4, -0.2) is 23.4 Å². The molecule has 5 nitrogen and oxygen atoms in total. The van der Waals surface area contributed by atoms with E-state index in [2.05, 4.69) is 10.3 Å². The lowest BCUT2D eigenvalue weighted by Crippen LogP contribution is -2.30. The molecule has 2 rings (SSSR count). The van der Waals surface area contributed by atoms with Gasteiger partial charge in [0.25, 0.3) is 0 Å². The zero-order valence-corrected chi connectivity index (χ0v) is 10.6. The number of nitrogens with zero attached hydrogens (tertiary/aromatic N) is 1. The molecule has 0 saturated heterocycles. The molecule has 1 amide bonds. The van der Waals surface area contributed by atoms with Crippen LogP contribution < -0.4 is 11.3 Å². The maximum atomic E-state index is 11.0. The molecule has 18 heavy (non-hydrogen) atoms. The first-order valence-corrected chi connectivity index (χ1v) is 6.55. The third kappa shape index (κ3) is 4.16. The molecule has 100 valence electrons. The molecule has 0 unspecified atom stereocenters. The van der Waals surface area contributed by atoms with Gasteiger partial charge in [-0.05, 0) is 44.4 Å². The molecule has 1 aromatic heterocycles. The molecular weight excluding hydrogens is 230 g/mol. The quantitative estimate of drug-likeness (QED) is 0.317. The zero-order chi connectivity index (χ0) is 12.8. The van der Waals surface area contributed by atoms with Crippen molar-refractivity contribution in [2.45, 2.75) is 44.7 Å². The lowest BCUT2D eigenvalue weighted by Gasteiger charge is -2.20. The minimum absolute atomic E-state index is 0.0843. The van der Waals surface area contributed by atoms with E-state index in [1.54, 1.807) is 6.26 Å². The zero-order valence-electron chi connectivity index (χ0n) is 10.6. The fourth-order valence-corrected chi connectivity index (χ4v) is 2.11. The second kappa shape index (κ2) is 6.56. The fourth-order valence-electron chi connectivity index (χ4n) is 2.11. The van der Waals surface area contributed by atoms with E-state index in [9.17, 15) is 4.79 Å². The molecule has 1 aliphatic carbocycles. The predicted octanol–water partition coefficient (Wildman–Crippen LogP) is 1.40. The second-order valence-electron chi connectivity index (χ2n) is 4.81. The van der Waals surface area contributed by atoms with Gasteiger partial charge < -0.3 is 4.42 Å². The van der Waals surface area contributed by atoms with Crippen LogP contribution >= 0.6 is 0 Å². The van der Waals surface area contributed by atoms with Crippen LogP contribution in [0.15, 0.2) is 22.8 Å². The Hall–Kier alpha value is -1.33. The summed E-state index contributed by atoms with van der Waals surface area (Å²) in [5.74, 6) is 5.97. The highest BCUT2D eigenvalue weighted by atomic mass is 16.3. The van der Waals surface area contributed by atoms with Gasteiger partial charge in [0, 0.05) is 12.5 Å². The van der Waals surface area contributed by atoms with Gasteiger partial charge in [-0.2, -0.15) is 0 Å². The summed E-state index contributed by atoms with van der Waals surface area (Å²) in [7, 11) is 0. The molecule has 0 spiro atoms. The van der Waals surface area contributed by atoms with E-state index in [0.29, 0.717) is 12.5 Å². The van der Waals surface area contributed by atoms with Crippen LogP contribution in [0.1, 0.15) is 37.9 Å². The molecule has 1 saturated carbocycles. The van der Waals surface area contributed by atoms with Crippen molar-refractivity contribution in [2.75, 3.05) is 6.54 Å². The molecular formula is C13H21N3O2. The summed E-state index contributed by atoms with van der Waals surface area (Å²) in [6.07, 6.45) is 6.69. The summed E-state index contributed by atoms with van der Waals surface area (Å²) in [5, 5.41) is 0. The van der Waals surface area contributed by atoms with Crippen molar-refractivity contribution < 1.29 is 9.21 Å². The number of carbonyl (C=O) groups is 1. The molecule has 1 heterocycles. The normalized spacial score (nSPS) is 15.0. The van der Waals surface area contributed by atoms with Crippen LogP contribution in [0.25, 0.3) is 0 Å². The number of rotatable bonds is 8. The number of hydrazine groups is 1. The monoisotopic (exact) mass is 251 g/mol. The number of hydrogen-bond acceptors (Lipinski definition) is 4. The van der Waals surface area contributed by atoms with Crippen molar-refractivity contribution in [1.82, 2.24) is 10.3 Å². The Balaban J connectivity index is 1.68. The number of unbranched alkanes of at least 4 members (excludes halogenated alkanes) is 1. The Bertz CT molecular complexity index is 360. The van der Waals surface area contributed by atoms with Crippen LogP contribution in [0.5, 0.6) is 0 Å². The highest BCUT2D eigenvalue weighted by Crippen LogP contribution is 2.28. The first-order valence-electron chi connectivity index (χ1n) is 6.55. The van der Waals surface area contributed by atoms with Crippen LogP contribution in [0.3, 0.4) is 0 Å². The molecule has 1 aliphatic rings. The first kappa shape index (κ1) is 13.1. The van der Waals surface area contributed by atoms with Crippen molar-refractivity contribution in [3.8, 4) is 0 Å². The van der Waals surface area contributed by atoms with Gasteiger partial charge in [0.1, 0.15) is 5.76 Å². The lowest BCUT2D eigenvalue weighted by atomic mass is 10.2. The minimum atomic E-state index is -0.0843. The highest BCUT2D eigenvalue weighted by molar-refractivity contribution is 5.75. The van der Waals surface area contributed by atoms with E-state index in [-0.39, 0.29) is 5.91 Å². The maximum Gasteiger partial charge on any atom is 0.233 e. The largest absolute Gasteiger partial charge is 0.468 e. The van der Waals surface area contributed by atoms with Crippen molar-refractivity contribution in [2.24, 2.45) is 5.84 Å². The average molecular weight is 251 g/mol. The smallest absolute Gasteiger partial charge is 0.233 e. The molecule has 0 aromatic carbocycles. The molecule has 1 aromatic rings. The van der Waals surface area contributed by atoms with Gasteiger partial charge in [-0.15, -0.1) is 0 Å². The Kier molecular flexibility index (Phi) is 4.78. The van der Waals surface area contributed by atoms with Gasteiger partial charge >= 0.3 is 0 Å². The molecule has 5 heteroatoms. The van der Waals surface area contributed by atoms with Gasteiger partial charge in [-0.1, -0.05) is 0 Å². The Morgan fingerprint density at radius 2 is 2.33 bits per heavy atom. The third-order valence-electron chi connectivity index (χ3n) is 3.26. The second-order valence-corrected chi connectivity index (χ2v) is 4.81. The maximum absolute atomic E-state index is 11.0. The molecule has 0 atom stereocenters. The number of furan rings is 1. The third-order valence-corrected chi connectivity index (χ3v) is 3.26. The summed E-state index contributed by atoms with van der Waals surface area (Å²) in [4.78, 5) is 13.4. The van der Waals surface area contributed by atoms with Crippen LogP contribution in [0, 0.1) is 0 Å². The summed E-state index contributed by atoms with van der Waals surface area (Å²) >= 11 is 0. The summed E-state index contributed by atoms with van der Waals surface area (Å²) < 4.78 is 5.38. The predicted molar refractivity (Wildman–Crippen MR) is 68.3 cm³/mol. The average Bonchev–Trinajstić information content (AvgIpc) is 3.11. The molecule has 0 aliphatic heterocycles. The number of nitrogens with two attached hydrogens (primary N) is 1. The SMILES string of the molecule is NNC(=O)CCCCN(Cc1ccco1)C1CC1. The summed E-state index contributed by atoms with van der Waals surface area (Å²) in [6, 6.07) is 4.64. The topological polar surface area (TPSA) is 71.5 Å². The Morgan fingerprint density at radius 1 is 1.50 bits per heavy atom. The van der Waals surface area contributed by atoms with Crippen molar-refractivity contribution in [3.63, 3.8) is 0 Å². The highest BCUT2D eigenvalue weighted by Gasteiger charge is 2.28. The molecule has 1 fully saturated rings. The number of hydrogen-bond donors (Lipinski definition) is 2. The van der Waals surface area contributed by atoms with Gasteiger partial charge in [0.2, 0.25) is 5.91 Å². The van der Waals surface area contributed by atoms with E-state index >= 15 is 0 Å². The van der Waals surface area contributed by atoms with Crippen molar-refractivity contribution in [3.05, 3.63) is 24.2 Å². The van der Waals surface area contributed by atoms with Crippen LogP contribution in [-0.2, 0) is 11.3 Å². The van der Waals surface area contributed by atoms with E-state index in [1.807, 2.05) is 12.1 Å². The lowest BCUT2D eigenvalue weighted by molar-refractivity contribution is -0.121. The van der Waals surface area contributed by atoms with E-state index in [4.69, 9.17) is 10.3 Å². The molecule has 3 N–H and O–H groups in total. The number of amides is 1. The number of nitrogens with one attached hydrogen (secondary N) is 1. The molecule has 0 bridgehead atoms. The molecule has 0 radical (unpaired) electrons. The van der Waals surface area contributed by atoms with Crippen LogP contribution in [0.4, 0.5) is 0 Å². The standard InChI is InChI=1S/C13H21N3O2/c14-15-13(17)5-1-2-8-16(11-6-7-11)10-12-4-3-9-18-12/h3-4,9,11H,1-2,5-8,10,14H2,(H,15,17).